The van der Waals surface area contributed by atoms with E-state index in [2.05, 4.69) is 4.98 Å². The second-order valence-electron chi connectivity index (χ2n) is 3.02. The summed E-state index contributed by atoms with van der Waals surface area (Å²) in [4.78, 5) is 13.3. The topological polar surface area (TPSA) is 74.0 Å². The van der Waals surface area contributed by atoms with Crippen LogP contribution < -0.4 is 0 Å². The van der Waals surface area contributed by atoms with Gasteiger partial charge >= 0.3 is 12.1 Å². The molecular weight excluding hydrogens is 263 g/mol. The minimum Gasteiger partial charge on any atom is -0.478 e. The number of rotatable bonds is 2. The van der Waals surface area contributed by atoms with E-state index in [1.54, 1.807) is 0 Å². The lowest BCUT2D eigenvalue weighted by Crippen LogP contribution is -2.16. The summed E-state index contributed by atoms with van der Waals surface area (Å²) >= 11 is 0. The smallest absolute Gasteiger partial charge is 0.434 e. The normalized spacial score (nSPS) is 11.4. The molecule has 0 aromatic carbocycles. The van der Waals surface area contributed by atoms with Crippen molar-refractivity contribution in [3.8, 4) is 6.07 Å². The van der Waals surface area contributed by atoms with E-state index in [1.165, 1.54) is 0 Å². The van der Waals surface area contributed by atoms with Crippen LogP contribution in [0.15, 0.2) is 6.20 Å². The lowest BCUT2D eigenvalue weighted by Gasteiger charge is -2.12. The number of carboxylic acids is 1. The van der Waals surface area contributed by atoms with Crippen LogP contribution in [-0.4, -0.2) is 16.1 Å². The van der Waals surface area contributed by atoms with Crippen LogP contribution in [-0.2, 0) is 6.18 Å². The molecular formula is C9H3F5N2O2. The fourth-order valence-electron chi connectivity index (χ4n) is 1.25. The van der Waals surface area contributed by atoms with Crippen LogP contribution in [0.2, 0.25) is 0 Å². The van der Waals surface area contributed by atoms with E-state index in [-0.39, 0.29) is 6.20 Å². The number of aromatic nitrogens is 1. The first-order valence-electron chi connectivity index (χ1n) is 4.21. The summed E-state index contributed by atoms with van der Waals surface area (Å²) in [5, 5.41) is 17.1. The summed E-state index contributed by atoms with van der Waals surface area (Å²) in [5.41, 5.74) is -5.91. The van der Waals surface area contributed by atoms with Gasteiger partial charge in [0, 0.05) is 6.20 Å². The Morgan fingerprint density at radius 3 is 2.33 bits per heavy atom. The van der Waals surface area contributed by atoms with Crippen molar-refractivity contribution in [3.63, 3.8) is 0 Å². The van der Waals surface area contributed by atoms with Crippen molar-refractivity contribution in [2.45, 2.75) is 12.6 Å². The first kappa shape index (κ1) is 13.8. The van der Waals surface area contributed by atoms with Gasteiger partial charge in [-0.3, -0.25) is 0 Å². The highest BCUT2D eigenvalue weighted by Crippen LogP contribution is 2.35. The Morgan fingerprint density at radius 2 is 2.00 bits per heavy atom. The average molecular weight is 266 g/mol. The number of carbonyl (C=O) groups is 1. The van der Waals surface area contributed by atoms with Crippen LogP contribution in [0.3, 0.4) is 0 Å². The molecule has 96 valence electrons. The number of hydrogen-bond donors (Lipinski definition) is 1. The Bertz CT molecular complexity index is 533. The van der Waals surface area contributed by atoms with Gasteiger partial charge in [-0.15, -0.1) is 0 Å². The number of hydrogen-bond acceptors (Lipinski definition) is 3. The Kier molecular flexibility index (Phi) is 3.50. The van der Waals surface area contributed by atoms with E-state index in [0.717, 1.165) is 6.07 Å². The molecule has 18 heavy (non-hydrogen) atoms. The number of carboxylic acid groups (broad SMARTS) is 1. The van der Waals surface area contributed by atoms with Crippen molar-refractivity contribution in [1.82, 2.24) is 4.98 Å². The summed E-state index contributed by atoms with van der Waals surface area (Å²) in [7, 11) is 0. The second-order valence-corrected chi connectivity index (χ2v) is 3.02. The molecule has 1 aromatic rings. The lowest BCUT2D eigenvalue weighted by atomic mass is 10.0. The van der Waals surface area contributed by atoms with Gasteiger partial charge in [-0.1, -0.05) is 0 Å². The molecule has 0 aliphatic carbocycles. The molecule has 0 unspecified atom stereocenters. The Morgan fingerprint density at radius 1 is 1.44 bits per heavy atom. The van der Waals surface area contributed by atoms with Gasteiger partial charge in [-0.25, -0.2) is 18.6 Å². The number of halogens is 5. The van der Waals surface area contributed by atoms with Gasteiger partial charge in [0.25, 0.3) is 6.43 Å². The third kappa shape index (κ3) is 2.37. The van der Waals surface area contributed by atoms with Crippen LogP contribution in [0.5, 0.6) is 0 Å². The van der Waals surface area contributed by atoms with Crippen LogP contribution in [0.25, 0.3) is 0 Å². The first-order valence-corrected chi connectivity index (χ1v) is 4.21. The SMILES string of the molecule is N#Cc1c(C(F)(F)F)ncc(C(=O)O)c1C(F)F. The predicted molar refractivity (Wildman–Crippen MR) is 45.9 cm³/mol. The average Bonchev–Trinajstić information content (AvgIpc) is 2.25. The largest absolute Gasteiger partial charge is 0.478 e. The van der Waals surface area contributed by atoms with E-state index in [9.17, 15) is 26.7 Å². The van der Waals surface area contributed by atoms with Crippen LogP contribution >= 0.6 is 0 Å². The molecule has 9 heteroatoms. The van der Waals surface area contributed by atoms with E-state index in [4.69, 9.17) is 10.4 Å². The molecule has 0 saturated heterocycles. The van der Waals surface area contributed by atoms with Gasteiger partial charge in [0.15, 0.2) is 5.69 Å². The van der Waals surface area contributed by atoms with E-state index < -0.39 is 41.0 Å². The lowest BCUT2D eigenvalue weighted by molar-refractivity contribution is -0.141. The second kappa shape index (κ2) is 4.56. The van der Waals surface area contributed by atoms with Crippen LogP contribution in [0.4, 0.5) is 22.0 Å². The van der Waals surface area contributed by atoms with E-state index in [1.807, 2.05) is 0 Å². The summed E-state index contributed by atoms with van der Waals surface area (Å²) in [5.74, 6) is -1.89. The molecule has 0 radical (unpaired) electrons. The Labute approximate surface area is 96.3 Å². The summed E-state index contributed by atoms with van der Waals surface area (Å²) in [6, 6.07) is 0.922. The van der Waals surface area contributed by atoms with Crippen LogP contribution in [0, 0.1) is 11.3 Å². The fourth-order valence-corrected chi connectivity index (χ4v) is 1.25. The molecule has 0 bridgehead atoms. The first-order chi connectivity index (χ1) is 8.20. The zero-order valence-corrected chi connectivity index (χ0v) is 8.29. The molecule has 0 fully saturated rings. The maximum atomic E-state index is 12.6. The highest BCUT2D eigenvalue weighted by Gasteiger charge is 2.39. The van der Waals surface area contributed by atoms with Gasteiger partial charge in [-0.05, 0) is 0 Å². The zero-order valence-electron chi connectivity index (χ0n) is 8.29. The maximum absolute atomic E-state index is 12.6. The maximum Gasteiger partial charge on any atom is 0.434 e. The number of alkyl halides is 5. The predicted octanol–water partition coefficient (Wildman–Crippen LogP) is 2.61. The summed E-state index contributed by atoms with van der Waals surface area (Å²) < 4.78 is 62.4. The summed E-state index contributed by atoms with van der Waals surface area (Å²) in [6.07, 6.45) is -8.49. The standard InChI is InChI=1S/C9H3F5N2O2/c10-7(11)5-3(1-15)6(9(12,13)14)16-2-4(5)8(17)18/h2,7H,(H,17,18). The van der Waals surface area contributed by atoms with Crippen molar-refractivity contribution >= 4 is 5.97 Å². The number of aromatic carboxylic acids is 1. The molecule has 0 spiro atoms. The minimum atomic E-state index is -5.12. The molecule has 1 rings (SSSR count). The Hall–Kier alpha value is -2.24. The molecule has 4 nitrogen and oxygen atoms in total. The Balaban J connectivity index is 3.71. The van der Waals surface area contributed by atoms with Gasteiger partial charge < -0.3 is 5.11 Å². The van der Waals surface area contributed by atoms with Crippen molar-refractivity contribution in [3.05, 3.63) is 28.6 Å². The number of pyridine rings is 1. The molecule has 0 aliphatic rings. The number of nitriles is 1. The number of nitrogens with zero attached hydrogens (tertiary/aromatic N) is 2. The molecule has 1 heterocycles. The third-order valence-corrected chi connectivity index (χ3v) is 1.95. The third-order valence-electron chi connectivity index (χ3n) is 1.95. The highest BCUT2D eigenvalue weighted by atomic mass is 19.4. The van der Waals surface area contributed by atoms with Gasteiger partial charge in [0.1, 0.15) is 6.07 Å². The molecule has 0 aliphatic heterocycles. The van der Waals surface area contributed by atoms with E-state index >= 15 is 0 Å². The van der Waals surface area contributed by atoms with Crippen LogP contribution in [0.1, 0.15) is 33.6 Å². The van der Waals surface area contributed by atoms with Gasteiger partial charge in [-0.2, -0.15) is 18.4 Å². The van der Waals surface area contributed by atoms with Crippen molar-refractivity contribution < 1.29 is 31.9 Å². The molecule has 0 saturated carbocycles. The van der Waals surface area contributed by atoms with E-state index in [0.29, 0.717) is 0 Å². The van der Waals surface area contributed by atoms with Crippen molar-refractivity contribution in [2.75, 3.05) is 0 Å². The monoisotopic (exact) mass is 266 g/mol. The van der Waals surface area contributed by atoms with Crippen molar-refractivity contribution in [2.24, 2.45) is 0 Å². The van der Waals surface area contributed by atoms with Gasteiger partial charge in [0.2, 0.25) is 0 Å². The van der Waals surface area contributed by atoms with Gasteiger partial charge in [0.05, 0.1) is 16.7 Å². The highest BCUT2D eigenvalue weighted by molar-refractivity contribution is 5.90. The van der Waals surface area contributed by atoms with Crippen molar-refractivity contribution in [1.29, 1.82) is 5.26 Å². The minimum absolute atomic E-state index is 0.160. The molecule has 0 atom stereocenters. The molecule has 1 N–H and O–H groups in total. The zero-order chi connectivity index (χ0) is 14.1. The summed E-state index contributed by atoms with van der Waals surface area (Å²) in [6.45, 7) is 0. The fraction of sp³-hybridized carbons (Fsp3) is 0.222. The molecule has 0 amide bonds. The quantitative estimate of drug-likeness (QED) is 0.835. The molecule has 1 aromatic heterocycles.